The number of aliphatic imine (C=N–C) groups is 2. The van der Waals surface area contributed by atoms with Crippen LogP contribution in [0.1, 0.15) is 77.0 Å². The van der Waals surface area contributed by atoms with Crippen molar-refractivity contribution in [1.82, 2.24) is 14.4 Å². The molecule has 0 N–H and O–H groups in total. The number of nitrogens with zero attached hydrogens (tertiary/aromatic N) is 6. The molecule has 4 aromatic carbocycles. The summed E-state index contributed by atoms with van der Waals surface area (Å²) in [5, 5.41) is 2.45. The Labute approximate surface area is 339 Å². The van der Waals surface area contributed by atoms with Crippen LogP contribution in [0.2, 0.25) is 0 Å². The van der Waals surface area contributed by atoms with Crippen LogP contribution >= 0.6 is 0 Å². The molecule has 5 heterocycles. The summed E-state index contributed by atoms with van der Waals surface area (Å²) >= 11 is 0. The van der Waals surface area contributed by atoms with E-state index in [0.717, 1.165) is 28.7 Å². The molecule has 6 aromatic rings. The van der Waals surface area contributed by atoms with Crippen molar-refractivity contribution in [3.8, 4) is 5.82 Å². The Morgan fingerprint density at radius 1 is 0.800 bits per heavy atom. The second kappa shape index (κ2) is 15.5. The molecule has 0 aliphatic carbocycles. The first-order valence-electron chi connectivity index (χ1n) is 18.9. The molecule has 0 spiro atoms. The molecule has 1 atom stereocenters. The molecule has 0 bridgehead atoms. The van der Waals surface area contributed by atoms with Gasteiger partial charge in [-0.15, -0.1) is 5.39 Å². The quantitative estimate of drug-likeness (QED) is 0.0985. The Balaban J connectivity index is 0.000000173. The van der Waals surface area contributed by atoms with Crippen LogP contribution in [-0.2, 0) is 25.5 Å². The second-order valence-corrected chi connectivity index (χ2v) is 15.8. The minimum Gasteiger partial charge on any atom is -0.370 e. The smallest absolute Gasteiger partial charge is 0.370 e. The Hall–Kier alpha value is -5.17. The summed E-state index contributed by atoms with van der Waals surface area (Å²) in [4.78, 5) is 16.5. The minimum absolute atomic E-state index is 0. The molecule has 274 valence electrons. The van der Waals surface area contributed by atoms with Crippen LogP contribution in [0, 0.1) is 12.1 Å². The Bertz CT molecular complexity index is 2440. The molecule has 0 amide bonds. The third-order valence-electron chi connectivity index (χ3n) is 10.5. The number of pyridine rings is 1. The molecule has 55 heavy (non-hydrogen) atoms. The van der Waals surface area contributed by atoms with Gasteiger partial charge >= 0.3 is 27.0 Å². The van der Waals surface area contributed by atoms with Crippen molar-refractivity contribution >= 4 is 57.8 Å². The van der Waals surface area contributed by atoms with E-state index >= 15 is 0 Å². The summed E-state index contributed by atoms with van der Waals surface area (Å²) in [5.41, 5.74) is 8.72. The topological polar surface area (TPSA) is 48.8 Å². The molecule has 0 saturated heterocycles. The molecule has 0 radical (unpaired) electrons. The van der Waals surface area contributed by atoms with Gasteiger partial charge in [-0.3, -0.25) is 4.99 Å². The van der Waals surface area contributed by atoms with E-state index in [0.29, 0.717) is 11.8 Å². The average Bonchev–Trinajstić information content (AvgIpc) is 3.76. The SMILES string of the molecule is CC(C)(C)c1ccnc(-n2c3[c-]cccc3c3ccccc32)c1.CC(C)c1cccc(C(C)C)c1B1C2C(=N[C-]=[N+]2c2[c-]cccc2)N=C2C=CC=CN12.[Ir+3]. The summed E-state index contributed by atoms with van der Waals surface area (Å²) in [6.45, 7) is 15.8. The maximum absolute atomic E-state index is 4.90. The number of benzene rings is 4. The van der Waals surface area contributed by atoms with Crippen molar-refractivity contribution in [3.63, 3.8) is 0 Å². The summed E-state index contributed by atoms with van der Waals surface area (Å²) in [6.07, 6.45) is 13.5. The van der Waals surface area contributed by atoms with E-state index in [2.05, 4.69) is 176 Å². The standard InChI is InChI=1S/C26H26BN4.C21H19N2.Ir/c1-18(2)21-13-10-14-22(19(3)4)24(21)27-25-26(29-23-15-8-9-16-31(23)27)28-17-30(25)20-11-6-5-7-12-20;1-21(2,3)15-12-13-22-20(14-15)23-18-10-6-4-8-16(18)17-9-5-7-11-19(17)23;/h5-11,13-16,18-19,25H,1-4H3;4-10,12-14H,1-3H3;/q2*-1;+3. The number of hydrogen-bond donors (Lipinski definition) is 0. The van der Waals surface area contributed by atoms with Crippen molar-refractivity contribution in [2.24, 2.45) is 9.98 Å². The van der Waals surface area contributed by atoms with Gasteiger partial charge in [0.25, 0.3) is 0 Å². The van der Waals surface area contributed by atoms with Crippen molar-refractivity contribution in [2.75, 3.05) is 0 Å². The van der Waals surface area contributed by atoms with Crippen LogP contribution in [-0.4, -0.2) is 49.7 Å². The van der Waals surface area contributed by atoms with Crippen LogP contribution in [0.3, 0.4) is 0 Å². The van der Waals surface area contributed by atoms with E-state index in [1.165, 1.54) is 38.4 Å². The van der Waals surface area contributed by atoms with Gasteiger partial charge in [-0.1, -0.05) is 102 Å². The molecule has 6 nitrogen and oxygen atoms in total. The number of rotatable bonds is 5. The number of aromatic nitrogens is 2. The normalized spacial score (nSPS) is 16.0. The monoisotopic (exact) mass is 897 g/mol. The van der Waals surface area contributed by atoms with E-state index in [9.17, 15) is 0 Å². The first-order chi connectivity index (χ1) is 26.1. The summed E-state index contributed by atoms with van der Waals surface area (Å²) < 4.78 is 4.31. The fourth-order valence-corrected chi connectivity index (χ4v) is 7.85. The average molecular weight is 897 g/mol. The van der Waals surface area contributed by atoms with Gasteiger partial charge < -0.3 is 14.0 Å². The molecule has 2 aromatic heterocycles. The largest absolute Gasteiger partial charge is 3.00 e. The number of hydrogen-bond acceptors (Lipinski definition) is 4. The van der Waals surface area contributed by atoms with Crippen LogP contribution < -0.4 is 5.46 Å². The maximum Gasteiger partial charge on any atom is 3.00 e. The number of allylic oxidation sites excluding steroid dienone is 2. The number of fused-ring (bicyclic) bond motifs is 5. The summed E-state index contributed by atoms with van der Waals surface area (Å²) in [6, 6.07) is 40.4. The molecule has 9 rings (SSSR count). The van der Waals surface area contributed by atoms with Gasteiger partial charge in [-0.05, 0) is 81.3 Å². The molecule has 3 aliphatic heterocycles. The van der Waals surface area contributed by atoms with Crippen molar-refractivity contribution < 1.29 is 24.7 Å². The molecule has 3 aliphatic rings. The van der Waals surface area contributed by atoms with Crippen LogP contribution in [0.15, 0.2) is 138 Å². The van der Waals surface area contributed by atoms with Crippen LogP contribution in [0.25, 0.3) is 27.6 Å². The Kier molecular flexibility index (Phi) is 10.8. The van der Waals surface area contributed by atoms with Gasteiger partial charge in [0, 0.05) is 11.7 Å². The molecular weight excluding hydrogens is 852 g/mol. The Morgan fingerprint density at radius 3 is 2.25 bits per heavy atom. The zero-order valence-corrected chi connectivity index (χ0v) is 34.8. The van der Waals surface area contributed by atoms with Crippen molar-refractivity contribution in [3.05, 3.63) is 157 Å². The van der Waals surface area contributed by atoms with Gasteiger partial charge in [0.1, 0.15) is 17.6 Å². The number of amidine groups is 2. The summed E-state index contributed by atoms with van der Waals surface area (Å²) in [5.74, 6) is 3.43. The van der Waals surface area contributed by atoms with E-state index in [4.69, 9.17) is 4.99 Å². The first kappa shape index (κ1) is 38.1. The zero-order chi connectivity index (χ0) is 37.6. The molecule has 1 unspecified atom stereocenters. The number of para-hydroxylation sites is 3. The maximum atomic E-state index is 4.90. The van der Waals surface area contributed by atoms with Gasteiger partial charge in [0.05, 0.1) is 0 Å². The predicted molar refractivity (Wildman–Crippen MR) is 225 cm³/mol. The molecule has 8 heteroatoms. The van der Waals surface area contributed by atoms with Gasteiger partial charge in [-0.2, -0.15) is 53.5 Å². The third kappa shape index (κ3) is 7.10. The van der Waals surface area contributed by atoms with Gasteiger partial charge in [0.2, 0.25) is 6.34 Å². The fraction of sp³-hybridized carbons (Fsp3) is 0.234. The minimum atomic E-state index is -0.0732. The predicted octanol–water partition coefficient (Wildman–Crippen LogP) is 9.57. The van der Waals surface area contributed by atoms with Crippen LogP contribution in [0.5, 0.6) is 0 Å². The molecule has 0 fully saturated rings. The van der Waals surface area contributed by atoms with E-state index in [-0.39, 0.29) is 38.3 Å². The van der Waals surface area contributed by atoms with E-state index in [1.54, 1.807) is 0 Å². The van der Waals surface area contributed by atoms with Crippen molar-refractivity contribution in [1.29, 1.82) is 0 Å². The van der Waals surface area contributed by atoms with Gasteiger partial charge in [0.15, 0.2) is 5.84 Å². The van der Waals surface area contributed by atoms with Gasteiger partial charge in [-0.25, -0.2) is 11.1 Å². The van der Waals surface area contributed by atoms with Crippen molar-refractivity contribution in [2.45, 2.75) is 71.7 Å². The Morgan fingerprint density at radius 2 is 1.53 bits per heavy atom. The van der Waals surface area contributed by atoms with E-state index < -0.39 is 0 Å². The zero-order valence-electron chi connectivity index (χ0n) is 32.5. The first-order valence-corrected chi connectivity index (χ1v) is 18.9. The molecular formula is C47H45BIrN6+. The fourth-order valence-electron chi connectivity index (χ4n) is 7.85. The van der Waals surface area contributed by atoms with Crippen LogP contribution in [0.4, 0.5) is 5.69 Å². The second-order valence-electron chi connectivity index (χ2n) is 15.8. The summed E-state index contributed by atoms with van der Waals surface area (Å²) in [7, 11) is 0. The third-order valence-corrected chi connectivity index (χ3v) is 10.5. The van der Waals surface area contributed by atoms with E-state index in [1.807, 2.05) is 42.6 Å². The molecule has 0 saturated carbocycles.